The zero-order valence-corrected chi connectivity index (χ0v) is 18.1. The Kier molecular flexibility index (Phi) is 7.72. The smallest absolute Gasteiger partial charge is 0.164 e. The SMILES string of the molecule is CCN1CCCC1CN(Cc1cccnc1)Cc1cc(OC)c(OC)cc1OC. The van der Waals surface area contributed by atoms with Crippen molar-refractivity contribution in [3.8, 4) is 17.2 Å². The van der Waals surface area contributed by atoms with Gasteiger partial charge in [-0.2, -0.15) is 0 Å². The van der Waals surface area contributed by atoms with Crippen LogP contribution in [0.5, 0.6) is 17.2 Å². The Labute approximate surface area is 174 Å². The highest BCUT2D eigenvalue weighted by atomic mass is 16.5. The maximum absolute atomic E-state index is 5.67. The molecule has 1 aliphatic rings. The average Bonchev–Trinajstić information content (AvgIpc) is 3.21. The zero-order valence-electron chi connectivity index (χ0n) is 18.1. The molecule has 1 saturated heterocycles. The lowest BCUT2D eigenvalue weighted by molar-refractivity contribution is 0.164. The zero-order chi connectivity index (χ0) is 20.6. The van der Waals surface area contributed by atoms with Crippen molar-refractivity contribution in [1.82, 2.24) is 14.8 Å². The number of pyridine rings is 1. The molecule has 2 heterocycles. The Morgan fingerprint density at radius 1 is 1.07 bits per heavy atom. The molecular formula is C23H33N3O3. The van der Waals surface area contributed by atoms with Crippen LogP contribution in [-0.2, 0) is 13.1 Å². The van der Waals surface area contributed by atoms with Gasteiger partial charge in [-0.15, -0.1) is 0 Å². The molecule has 29 heavy (non-hydrogen) atoms. The number of hydrogen-bond acceptors (Lipinski definition) is 6. The molecule has 3 rings (SSSR count). The van der Waals surface area contributed by atoms with E-state index >= 15 is 0 Å². The lowest BCUT2D eigenvalue weighted by Crippen LogP contribution is -2.39. The van der Waals surface area contributed by atoms with Gasteiger partial charge in [0.05, 0.1) is 21.3 Å². The van der Waals surface area contributed by atoms with Crippen molar-refractivity contribution in [2.75, 3.05) is 41.0 Å². The number of methoxy groups -OCH3 is 3. The van der Waals surface area contributed by atoms with Crippen LogP contribution in [0.4, 0.5) is 0 Å². The van der Waals surface area contributed by atoms with Crippen molar-refractivity contribution in [1.29, 1.82) is 0 Å². The third-order valence-corrected chi connectivity index (χ3v) is 5.68. The van der Waals surface area contributed by atoms with E-state index in [1.54, 1.807) is 21.3 Å². The first kappa shape index (κ1) is 21.4. The summed E-state index contributed by atoms with van der Waals surface area (Å²) in [6.07, 6.45) is 6.30. The van der Waals surface area contributed by atoms with E-state index in [-0.39, 0.29) is 0 Å². The summed E-state index contributed by atoms with van der Waals surface area (Å²) in [6, 6.07) is 8.66. The number of rotatable bonds is 10. The summed E-state index contributed by atoms with van der Waals surface area (Å²) < 4.78 is 16.6. The molecule has 1 aromatic heterocycles. The van der Waals surface area contributed by atoms with E-state index < -0.39 is 0 Å². The van der Waals surface area contributed by atoms with E-state index in [0.717, 1.165) is 43.2 Å². The van der Waals surface area contributed by atoms with Crippen LogP contribution in [0.25, 0.3) is 0 Å². The van der Waals surface area contributed by atoms with Crippen LogP contribution < -0.4 is 14.2 Å². The standard InChI is InChI=1S/C23H33N3O3/c1-5-26-11-7-9-20(26)17-25(15-18-8-6-10-24-14-18)16-19-12-22(28-3)23(29-4)13-21(19)27-2/h6,8,10,12-14,20H,5,7,9,11,15-17H2,1-4H3. The first-order valence-corrected chi connectivity index (χ1v) is 10.3. The van der Waals surface area contributed by atoms with E-state index in [4.69, 9.17) is 14.2 Å². The summed E-state index contributed by atoms with van der Waals surface area (Å²) in [5.74, 6) is 2.22. The number of benzene rings is 1. The van der Waals surface area contributed by atoms with Gasteiger partial charge in [0, 0.05) is 49.7 Å². The van der Waals surface area contributed by atoms with Crippen LogP contribution in [-0.4, -0.2) is 61.8 Å². The maximum atomic E-state index is 5.67. The first-order valence-electron chi connectivity index (χ1n) is 10.3. The van der Waals surface area contributed by atoms with Crippen LogP contribution in [0.3, 0.4) is 0 Å². The molecule has 6 heteroatoms. The molecule has 158 valence electrons. The van der Waals surface area contributed by atoms with Gasteiger partial charge in [-0.05, 0) is 43.6 Å². The van der Waals surface area contributed by atoms with E-state index in [9.17, 15) is 0 Å². The van der Waals surface area contributed by atoms with E-state index in [0.29, 0.717) is 11.8 Å². The van der Waals surface area contributed by atoms with Crippen LogP contribution in [0, 0.1) is 0 Å². The monoisotopic (exact) mass is 399 g/mol. The average molecular weight is 400 g/mol. The van der Waals surface area contributed by atoms with Crippen LogP contribution in [0.1, 0.15) is 30.9 Å². The van der Waals surface area contributed by atoms with Gasteiger partial charge in [0.15, 0.2) is 11.5 Å². The van der Waals surface area contributed by atoms with E-state index in [2.05, 4.69) is 27.8 Å². The van der Waals surface area contributed by atoms with Crippen molar-refractivity contribution >= 4 is 0 Å². The second kappa shape index (κ2) is 10.5. The summed E-state index contributed by atoms with van der Waals surface area (Å²) in [5, 5.41) is 0. The third kappa shape index (κ3) is 5.40. The van der Waals surface area contributed by atoms with Gasteiger partial charge in [0.1, 0.15) is 5.75 Å². The molecule has 0 N–H and O–H groups in total. The Morgan fingerprint density at radius 2 is 1.83 bits per heavy atom. The molecule has 1 fully saturated rings. The highest BCUT2D eigenvalue weighted by molar-refractivity contribution is 5.50. The quantitative estimate of drug-likeness (QED) is 0.608. The van der Waals surface area contributed by atoms with Gasteiger partial charge in [-0.25, -0.2) is 0 Å². The molecule has 1 unspecified atom stereocenters. The topological polar surface area (TPSA) is 47.1 Å². The summed E-state index contributed by atoms with van der Waals surface area (Å²) in [5.41, 5.74) is 2.31. The second-order valence-corrected chi connectivity index (χ2v) is 7.47. The van der Waals surface area contributed by atoms with Gasteiger partial charge in [-0.3, -0.25) is 14.8 Å². The summed E-state index contributed by atoms with van der Waals surface area (Å²) in [7, 11) is 5.01. The largest absolute Gasteiger partial charge is 0.496 e. The Morgan fingerprint density at radius 3 is 2.48 bits per heavy atom. The number of aromatic nitrogens is 1. The normalized spacial score (nSPS) is 16.9. The lowest BCUT2D eigenvalue weighted by Gasteiger charge is -2.31. The summed E-state index contributed by atoms with van der Waals surface area (Å²) in [4.78, 5) is 9.36. The van der Waals surface area contributed by atoms with Gasteiger partial charge in [-0.1, -0.05) is 13.0 Å². The highest BCUT2D eigenvalue weighted by Crippen LogP contribution is 2.35. The summed E-state index contributed by atoms with van der Waals surface area (Å²) >= 11 is 0. The molecule has 0 amide bonds. The molecule has 6 nitrogen and oxygen atoms in total. The fraction of sp³-hybridized carbons (Fsp3) is 0.522. The molecule has 0 aliphatic carbocycles. The second-order valence-electron chi connectivity index (χ2n) is 7.47. The number of likely N-dealkylation sites (N-methyl/N-ethyl adjacent to an activating group) is 1. The fourth-order valence-corrected chi connectivity index (χ4v) is 4.21. The van der Waals surface area contributed by atoms with Gasteiger partial charge in [0.2, 0.25) is 0 Å². The van der Waals surface area contributed by atoms with Gasteiger partial charge < -0.3 is 14.2 Å². The Bertz CT molecular complexity index is 769. The molecule has 0 radical (unpaired) electrons. The molecule has 1 atom stereocenters. The minimum absolute atomic E-state index is 0.586. The molecular weight excluding hydrogens is 366 g/mol. The molecule has 1 aromatic carbocycles. The number of hydrogen-bond donors (Lipinski definition) is 0. The Balaban J connectivity index is 1.85. The Hall–Kier alpha value is -2.31. The van der Waals surface area contributed by atoms with Crippen LogP contribution in [0.15, 0.2) is 36.7 Å². The number of likely N-dealkylation sites (tertiary alicyclic amines) is 1. The van der Waals surface area contributed by atoms with Crippen LogP contribution in [0.2, 0.25) is 0 Å². The molecule has 2 aromatic rings. The minimum atomic E-state index is 0.586. The summed E-state index contributed by atoms with van der Waals surface area (Å²) in [6.45, 7) is 7.18. The van der Waals surface area contributed by atoms with Crippen LogP contribution >= 0.6 is 0 Å². The molecule has 0 spiro atoms. The maximum Gasteiger partial charge on any atom is 0.164 e. The predicted molar refractivity (Wildman–Crippen MR) is 115 cm³/mol. The van der Waals surface area contributed by atoms with Gasteiger partial charge in [0.25, 0.3) is 0 Å². The first-order chi connectivity index (χ1) is 14.2. The number of ether oxygens (including phenoxy) is 3. The van der Waals surface area contributed by atoms with Crippen molar-refractivity contribution in [3.63, 3.8) is 0 Å². The van der Waals surface area contributed by atoms with Crippen molar-refractivity contribution < 1.29 is 14.2 Å². The van der Waals surface area contributed by atoms with Crippen molar-refractivity contribution in [2.24, 2.45) is 0 Å². The molecule has 1 aliphatic heterocycles. The lowest BCUT2D eigenvalue weighted by atomic mass is 10.1. The van der Waals surface area contributed by atoms with E-state index in [1.807, 2.05) is 30.6 Å². The minimum Gasteiger partial charge on any atom is -0.496 e. The highest BCUT2D eigenvalue weighted by Gasteiger charge is 2.26. The molecule has 0 saturated carbocycles. The molecule has 0 bridgehead atoms. The number of nitrogens with zero attached hydrogens (tertiary/aromatic N) is 3. The van der Waals surface area contributed by atoms with Gasteiger partial charge >= 0.3 is 0 Å². The van der Waals surface area contributed by atoms with Crippen molar-refractivity contribution in [2.45, 2.75) is 38.9 Å². The third-order valence-electron chi connectivity index (χ3n) is 5.68. The van der Waals surface area contributed by atoms with E-state index in [1.165, 1.54) is 24.9 Å². The predicted octanol–water partition coefficient (Wildman–Crippen LogP) is 3.59. The fourth-order valence-electron chi connectivity index (χ4n) is 4.21. The van der Waals surface area contributed by atoms with Crippen molar-refractivity contribution in [3.05, 3.63) is 47.8 Å².